The van der Waals surface area contributed by atoms with Crippen LogP contribution in [0.5, 0.6) is 5.75 Å². The second-order valence-corrected chi connectivity index (χ2v) is 9.63. The van der Waals surface area contributed by atoms with Gasteiger partial charge in [0.05, 0.1) is 30.4 Å². The number of amides is 3. The van der Waals surface area contributed by atoms with E-state index in [1.807, 2.05) is 24.3 Å². The SMILES string of the molecule is COc1cccc(CN2CCC(O)(c3c(F)cc4c(c3F)CN(C3CCC(=O)NC3=O)C4=O)CC2)c1. The van der Waals surface area contributed by atoms with Crippen LogP contribution in [0.1, 0.15) is 52.7 Å². The van der Waals surface area contributed by atoms with Gasteiger partial charge in [-0.15, -0.1) is 0 Å². The van der Waals surface area contributed by atoms with E-state index in [0.29, 0.717) is 19.6 Å². The number of hydrogen-bond acceptors (Lipinski definition) is 6. The molecule has 2 saturated heterocycles. The van der Waals surface area contributed by atoms with Crippen LogP contribution in [0.3, 0.4) is 0 Å². The van der Waals surface area contributed by atoms with Crippen molar-refractivity contribution >= 4 is 17.7 Å². The highest BCUT2D eigenvalue weighted by atomic mass is 19.1. The molecule has 3 heterocycles. The first-order valence-electron chi connectivity index (χ1n) is 11.9. The molecule has 1 unspecified atom stereocenters. The van der Waals surface area contributed by atoms with E-state index in [2.05, 4.69) is 10.2 Å². The van der Waals surface area contributed by atoms with Crippen LogP contribution in [-0.2, 0) is 28.3 Å². The summed E-state index contributed by atoms with van der Waals surface area (Å²) >= 11 is 0. The normalized spacial score (nSPS) is 21.9. The Labute approximate surface area is 206 Å². The summed E-state index contributed by atoms with van der Waals surface area (Å²) in [6, 6.07) is 7.66. The van der Waals surface area contributed by atoms with Gasteiger partial charge in [0.15, 0.2) is 0 Å². The van der Waals surface area contributed by atoms with Gasteiger partial charge in [0, 0.05) is 31.6 Å². The molecule has 3 aliphatic rings. The summed E-state index contributed by atoms with van der Waals surface area (Å²) in [6.45, 7) is 1.23. The van der Waals surface area contributed by atoms with Crippen LogP contribution in [0.2, 0.25) is 0 Å². The summed E-state index contributed by atoms with van der Waals surface area (Å²) in [5.41, 5.74) is -1.31. The molecule has 36 heavy (non-hydrogen) atoms. The number of carbonyl (C=O) groups excluding carboxylic acids is 3. The van der Waals surface area contributed by atoms with E-state index >= 15 is 8.78 Å². The van der Waals surface area contributed by atoms with Crippen molar-refractivity contribution < 1.29 is 33.0 Å². The van der Waals surface area contributed by atoms with Crippen molar-refractivity contribution in [3.63, 3.8) is 0 Å². The fraction of sp³-hybridized carbons (Fsp3) is 0.423. The van der Waals surface area contributed by atoms with Crippen molar-refractivity contribution in [3.05, 3.63) is 64.2 Å². The minimum absolute atomic E-state index is 0.0339. The monoisotopic (exact) mass is 499 g/mol. The van der Waals surface area contributed by atoms with Crippen LogP contribution in [0.25, 0.3) is 0 Å². The van der Waals surface area contributed by atoms with Gasteiger partial charge in [-0.1, -0.05) is 12.1 Å². The number of methoxy groups -OCH3 is 1. The first-order valence-corrected chi connectivity index (χ1v) is 11.9. The third kappa shape index (κ3) is 4.24. The first kappa shape index (κ1) is 24.3. The van der Waals surface area contributed by atoms with E-state index in [4.69, 9.17) is 4.74 Å². The lowest BCUT2D eigenvalue weighted by Crippen LogP contribution is -2.52. The standard InChI is InChI=1S/C26H27F2N3O5/c1-36-16-4-2-3-15(11-16)13-30-9-7-26(35,8-10-30)22-19(27)12-17-18(23(22)28)14-31(25(17)34)20-5-6-21(32)29-24(20)33/h2-4,11-12,20,35H,5-10,13-14H2,1H3,(H,29,32,33). The third-order valence-corrected chi connectivity index (χ3v) is 7.41. The number of benzene rings is 2. The molecule has 8 nitrogen and oxygen atoms in total. The summed E-state index contributed by atoms with van der Waals surface area (Å²) in [7, 11) is 1.59. The molecule has 1 atom stereocenters. The van der Waals surface area contributed by atoms with Gasteiger partial charge < -0.3 is 14.7 Å². The number of likely N-dealkylation sites (tertiary alicyclic amines) is 1. The van der Waals surface area contributed by atoms with Crippen LogP contribution in [0.4, 0.5) is 8.78 Å². The Morgan fingerprint density at radius 1 is 1.17 bits per heavy atom. The number of carbonyl (C=O) groups is 3. The molecular formula is C26H27F2N3O5. The van der Waals surface area contributed by atoms with Crippen LogP contribution >= 0.6 is 0 Å². The Bertz CT molecular complexity index is 1240. The number of halogens is 2. The van der Waals surface area contributed by atoms with Gasteiger partial charge in [0.2, 0.25) is 11.8 Å². The molecule has 3 aliphatic heterocycles. The van der Waals surface area contributed by atoms with E-state index in [0.717, 1.165) is 17.4 Å². The lowest BCUT2D eigenvalue weighted by molar-refractivity contribution is -0.136. The van der Waals surface area contributed by atoms with Gasteiger partial charge in [0.25, 0.3) is 5.91 Å². The van der Waals surface area contributed by atoms with Crippen LogP contribution in [0.15, 0.2) is 30.3 Å². The maximum absolute atomic E-state index is 15.7. The second kappa shape index (κ2) is 9.25. The van der Waals surface area contributed by atoms with E-state index in [9.17, 15) is 19.5 Å². The first-order chi connectivity index (χ1) is 17.2. The Kier molecular flexibility index (Phi) is 6.25. The van der Waals surface area contributed by atoms with Gasteiger partial charge in [-0.05, 0) is 43.0 Å². The molecule has 0 radical (unpaired) electrons. The Hall–Kier alpha value is -3.37. The molecule has 2 fully saturated rings. The number of aliphatic hydroxyl groups is 1. The van der Waals surface area contributed by atoms with Crippen molar-refractivity contribution in [3.8, 4) is 5.75 Å². The second-order valence-electron chi connectivity index (χ2n) is 9.63. The lowest BCUT2D eigenvalue weighted by Gasteiger charge is -2.39. The fourth-order valence-electron chi connectivity index (χ4n) is 5.42. The molecule has 2 aromatic rings. The zero-order valence-corrected chi connectivity index (χ0v) is 19.9. The Morgan fingerprint density at radius 3 is 2.61 bits per heavy atom. The minimum Gasteiger partial charge on any atom is -0.497 e. The minimum atomic E-state index is -1.72. The highest BCUT2D eigenvalue weighted by Crippen LogP contribution is 2.40. The van der Waals surface area contributed by atoms with Crippen molar-refractivity contribution in [1.82, 2.24) is 15.1 Å². The van der Waals surface area contributed by atoms with E-state index in [-0.39, 0.29) is 43.4 Å². The van der Waals surface area contributed by atoms with E-state index in [1.165, 1.54) is 4.90 Å². The zero-order chi connectivity index (χ0) is 25.6. The maximum atomic E-state index is 15.7. The summed E-state index contributed by atoms with van der Waals surface area (Å²) in [4.78, 5) is 39.9. The average molecular weight is 500 g/mol. The summed E-state index contributed by atoms with van der Waals surface area (Å²) in [5.74, 6) is -2.91. The number of fused-ring (bicyclic) bond motifs is 1. The van der Waals surface area contributed by atoms with Crippen molar-refractivity contribution in [2.75, 3.05) is 20.2 Å². The number of piperidine rings is 2. The largest absolute Gasteiger partial charge is 0.497 e. The molecule has 2 aromatic carbocycles. The Morgan fingerprint density at radius 2 is 1.92 bits per heavy atom. The lowest BCUT2D eigenvalue weighted by atomic mass is 9.82. The van der Waals surface area contributed by atoms with Gasteiger partial charge in [0.1, 0.15) is 23.4 Å². The molecule has 2 N–H and O–H groups in total. The van der Waals surface area contributed by atoms with Crippen LogP contribution in [-0.4, -0.2) is 58.9 Å². The van der Waals surface area contributed by atoms with Crippen LogP contribution < -0.4 is 10.1 Å². The van der Waals surface area contributed by atoms with Gasteiger partial charge >= 0.3 is 0 Å². The number of rotatable bonds is 5. The maximum Gasteiger partial charge on any atom is 0.255 e. The number of nitrogens with zero attached hydrogens (tertiary/aromatic N) is 2. The Balaban J connectivity index is 1.34. The summed E-state index contributed by atoms with van der Waals surface area (Å²) in [6.07, 6.45) is 0.419. The van der Waals surface area contributed by atoms with Crippen LogP contribution in [0, 0.1) is 11.6 Å². The van der Waals surface area contributed by atoms with Gasteiger partial charge in [-0.25, -0.2) is 8.78 Å². The topological polar surface area (TPSA) is 99.2 Å². The number of imide groups is 1. The third-order valence-electron chi connectivity index (χ3n) is 7.41. The predicted octanol–water partition coefficient (Wildman–Crippen LogP) is 2.22. The van der Waals surface area contributed by atoms with Crippen molar-refractivity contribution in [2.24, 2.45) is 0 Å². The smallest absolute Gasteiger partial charge is 0.255 e. The summed E-state index contributed by atoms with van der Waals surface area (Å²) in [5, 5.41) is 13.5. The number of hydrogen-bond donors (Lipinski definition) is 2. The van der Waals surface area contributed by atoms with Crippen molar-refractivity contribution in [2.45, 2.75) is 50.4 Å². The molecule has 190 valence electrons. The summed E-state index contributed by atoms with van der Waals surface area (Å²) < 4.78 is 36.2. The number of nitrogens with one attached hydrogen (secondary N) is 1. The van der Waals surface area contributed by atoms with E-state index in [1.54, 1.807) is 7.11 Å². The van der Waals surface area contributed by atoms with Gasteiger partial charge in [-0.2, -0.15) is 0 Å². The molecule has 0 spiro atoms. The van der Waals surface area contributed by atoms with Gasteiger partial charge in [-0.3, -0.25) is 24.6 Å². The quantitative estimate of drug-likeness (QED) is 0.613. The average Bonchev–Trinajstić information content (AvgIpc) is 3.17. The zero-order valence-electron chi connectivity index (χ0n) is 19.9. The fourth-order valence-corrected chi connectivity index (χ4v) is 5.42. The molecule has 0 saturated carbocycles. The molecule has 5 rings (SSSR count). The molecule has 0 aromatic heterocycles. The van der Waals surface area contributed by atoms with Crippen molar-refractivity contribution in [1.29, 1.82) is 0 Å². The molecular weight excluding hydrogens is 472 g/mol. The number of ether oxygens (including phenoxy) is 1. The molecule has 0 bridgehead atoms. The predicted molar refractivity (Wildman–Crippen MR) is 124 cm³/mol. The molecule has 3 amide bonds. The highest BCUT2D eigenvalue weighted by Gasteiger charge is 2.45. The molecule has 10 heteroatoms. The molecule has 0 aliphatic carbocycles. The highest BCUT2D eigenvalue weighted by molar-refractivity contribution is 6.05. The van der Waals surface area contributed by atoms with E-state index < -0.39 is 46.6 Å².